The molecule has 1 fully saturated rings. The highest BCUT2D eigenvalue weighted by Crippen LogP contribution is 2.22. The van der Waals surface area contributed by atoms with Gasteiger partial charge in [-0.2, -0.15) is 0 Å². The third-order valence-electron chi connectivity index (χ3n) is 3.59. The van der Waals surface area contributed by atoms with Crippen molar-refractivity contribution in [2.45, 2.75) is 39.0 Å². The molecular weight excluding hydrogens is 356 g/mol. The first-order valence-corrected chi connectivity index (χ1v) is 8.26. The van der Waals surface area contributed by atoms with Crippen molar-refractivity contribution in [3.8, 4) is 0 Å². The SMILES string of the molecule is COC(=O)C1CN(C(=O)OC(C)(C)C)C(=O)N1C(=O)OCc1ccccc1. The van der Waals surface area contributed by atoms with E-state index in [1.807, 2.05) is 0 Å². The molecule has 2 rings (SSSR count). The van der Waals surface area contributed by atoms with Crippen LogP contribution in [0.1, 0.15) is 26.3 Å². The van der Waals surface area contributed by atoms with Crippen LogP contribution in [0.2, 0.25) is 0 Å². The lowest BCUT2D eigenvalue weighted by molar-refractivity contribution is -0.144. The minimum atomic E-state index is -1.31. The van der Waals surface area contributed by atoms with E-state index in [2.05, 4.69) is 4.74 Å². The van der Waals surface area contributed by atoms with Crippen LogP contribution in [0, 0.1) is 0 Å². The zero-order valence-corrected chi connectivity index (χ0v) is 15.6. The molecule has 0 bridgehead atoms. The number of rotatable bonds is 3. The summed E-state index contributed by atoms with van der Waals surface area (Å²) in [7, 11) is 1.12. The number of nitrogens with zero attached hydrogens (tertiary/aromatic N) is 2. The Labute approximate surface area is 156 Å². The number of hydrogen-bond donors (Lipinski definition) is 0. The maximum Gasteiger partial charge on any atom is 0.419 e. The quantitative estimate of drug-likeness (QED) is 0.588. The van der Waals surface area contributed by atoms with Crippen molar-refractivity contribution in [2.75, 3.05) is 13.7 Å². The van der Waals surface area contributed by atoms with Gasteiger partial charge in [0.15, 0.2) is 6.04 Å². The second-order valence-electron chi connectivity index (χ2n) is 6.82. The summed E-state index contributed by atoms with van der Waals surface area (Å²) in [5.41, 5.74) is -0.143. The summed E-state index contributed by atoms with van der Waals surface area (Å²) in [5.74, 6) is -0.842. The van der Waals surface area contributed by atoms with Crippen LogP contribution in [0.5, 0.6) is 0 Å². The number of carbonyl (C=O) groups excluding carboxylic acids is 4. The molecule has 1 unspecified atom stereocenters. The summed E-state index contributed by atoms with van der Waals surface area (Å²) in [6.07, 6.45) is -2.01. The van der Waals surface area contributed by atoms with Gasteiger partial charge < -0.3 is 14.2 Å². The van der Waals surface area contributed by atoms with Crippen LogP contribution < -0.4 is 0 Å². The number of esters is 1. The summed E-state index contributed by atoms with van der Waals surface area (Å²) in [6, 6.07) is 6.52. The maximum absolute atomic E-state index is 12.6. The summed E-state index contributed by atoms with van der Waals surface area (Å²) in [5, 5.41) is 0. The van der Waals surface area contributed by atoms with Gasteiger partial charge in [0.1, 0.15) is 12.2 Å². The van der Waals surface area contributed by atoms with Crippen molar-refractivity contribution in [2.24, 2.45) is 0 Å². The molecule has 1 atom stereocenters. The molecule has 9 nitrogen and oxygen atoms in total. The number of imide groups is 2. The van der Waals surface area contributed by atoms with E-state index in [0.29, 0.717) is 15.4 Å². The van der Waals surface area contributed by atoms with Gasteiger partial charge in [-0.25, -0.2) is 29.0 Å². The van der Waals surface area contributed by atoms with Gasteiger partial charge in [-0.3, -0.25) is 0 Å². The largest absolute Gasteiger partial charge is 0.467 e. The number of carbonyl (C=O) groups is 4. The van der Waals surface area contributed by atoms with Crippen LogP contribution in [0.3, 0.4) is 0 Å². The molecule has 4 amide bonds. The standard InChI is InChI=1S/C18H22N2O7/c1-18(2,3)27-16(23)19-10-13(14(21)25-4)20(15(19)22)17(24)26-11-12-8-6-5-7-9-12/h5-9,13H,10-11H2,1-4H3. The van der Waals surface area contributed by atoms with Gasteiger partial charge in [0.25, 0.3) is 0 Å². The number of hydrogen-bond acceptors (Lipinski definition) is 7. The second kappa shape index (κ2) is 8.07. The Bertz CT molecular complexity index is 727. The fraction of sp³-hybridized carbons (Fsp3) is 0.444. The van der Waals surface area contributed by atoms with E-state index >= 15 is 0 Å². The minimum Gasteiger partial charge on any atom is -0.467 e. The molecule has 1 aromatic carbocycles. The molecule has 1 heterocycles. The van der Waals surface area contributed by atoms with Crippen molar-refractivity contribution < 1.29 is 33.4 Å². The van der Waals surface area contributed by atoms with Crippen molar-refractivity contribution >= 4 is 24.2 Å². The van der Waals surface area contributed by atoms with E-state index in [0.717, 1.165) is 7.11 Å². The Morgan fingerprint density at radius 1 is 1.11 bits per heavy atom. The van der Waals surface area contributed by atoms with E-state index in [1.165, 1.54) is 0 Å². The molecule has 0 saturated carbocycles. The lowest BCUT2D eigenvalue weighted by Gasteiger charge is -2.23. The second-order valence-corrected chi connectivity index (χ2v) is 6.82. The number of urea groups is 1. The molecule has 1 aliphatic rings. The van der Waals surface area contributed by atoms with Gasteiger partial charge in [-0.05, 0) is 26.3 Å². The molecule has 0 spiro atoms. The first-order valence-electron chi connectivity index (χ1n) is 8.26. The normalized spacial score (nSPS) is 16.9. The van der Waals surface area contributed by atoms with Crippen LogP contribution >= 0.6 is 0 Å². The van der Waals surface area contributed by atoms with Crippen LogP contribution in [-0.4, -0.2) is 59.3 Å². The lowest BCUT2D eigenvalue weighted by Crippen LogP contribution is -2.45. The molecule has 1 saturated heterocycles. The van der Waals surface area contributed by atoms with Gasteiger partial charge in [0.05, 0.1) is 13.7 Å². The molecule has 1 aliphatic heterocycles. The summed E-state index contributed by atoms with van der Waals surface area (Å²) in [4.78, 5) is 50.4. The van der Waals surface area contributed by atoms with Gasteiger partial charge in [0.2, 0.25) is 0 Å². The molecule has 0 radical (unpaired) electrons. The lowest BCUT2D eigenvalue weighted by atomic mass is 10.2. The van der Waals surface area contributed by atoms with Crippen molar-refractivity contribution in [1.29, 1.82) is 0 Å². The number of methoxy groups -OCH3 is 1. The number of benzene rings is 1. The highest BCUT2D eigenvalue weighted by molar-refractivity contribution is 6.04. The van der Waals surface area contributed by atoms with Gasteiger partial charge in [-0.15, -0.1) is 0 Å². The Morgan fingerprint density at radius 2 is 1.74 bits per heavy atom. The maximum atomic E-state index is 12.6. The zero-order chi connectivity index (χ0) is 20.2. The average Bonchev–Trinajstić information content (AvgIpc) is 2.96. The fourth-order valence-corrected chi connectivity index (χ4v) is 2.38. The molecule has 27 heavy (non-hydrogen) atoms. The summed E-state index contributed by atoms with van der Waals surface area (Å²) in [6.45, 7) is 4.43. The van der Waals surface area contributed by atoms with Crippen LogP contribution in [0.25, 0.3) is 0 Å². The highest BCUT2D eigenvalue weighted by atomic mass is 16.6. The first kappa shape index (κ1) is 20.2. The molecular formula is C18H22N2O7. The Kier molecular flexibility index (Phi) is 6.04. The fourth-order valence-electron chi connectivity index (χ4n) is 2.38. The third kappa shape index (κ3) is 4.96. The highest BCUT2D eigenvalue weighted by Gasteiger charge is 2.50. The van der Waals surface area contributed by atoms with Gasteiger partial charge in [0, 0.05) is 0 Å². The molecule has 1 aromatic rings. The third-order valence-corrected chi connectivity index (χ3v) is 3.59. The molecule has 0 aliphatic carbocycles. The van der Waals surface area contributed by atoms with Gasteiger partial charge >= 0.3 is 24.2 Å². The Hall–Kier alpha value is -3.10. The molecule has 146 valence electrons. The van der Waals surface area contributed by atoms with Crippen LogP contribution in [0.15, 0.2) is 30.3 Å². The number of ether oxygens (including phenoxy) is 3. The van der Waals surface area contributed by atoms with E-state index < -0.39 is 35.8 Å². The van der Waals surface area contributed by atoms with E-state index in [9.17, 15) is 19.2 Å². The van der Waals surface area contributed by atoms with Gasteiger partial charge in [-0.1, -0.05) is 30.3 Å². The van der Waals surface area contributed by atoms with Crippen molar-refractivity contribution in [1.82, 2.24) is 9.80 Å². The Morgan fingerprint density at radius 3 is 2.30 bits per heavy atom. The van der Waals surface area contributed by atoms with E-state index in [-0.39, 0.29) is 13.2 Å². The van der Waals surface area contributed by atoms with E-state index in [4.69, 9.17) is 9.47 Å². The first-order chi connectivity index (χ1) is 12.6. The Balaban J connectivity index is 2.15. The van der Waals surface area contributed by atoms with Crippen molar-refractivity contribution in [3.63, 3.8) is 0 Å². The minimum absolute atomic E-state index is 0.0935. The van der Waals surface area contributed by atoms with Crippen LogP contribution in [0.4, 0.5) is 14.4 Å². The molecule has 0 N–H and O–H groups in total. The molecule has 9 heteroatoms. The van der Waals surface area contributed by atoms with E-state index in [1.54, 1.807) is 51.1 Å². The molecule has 0 aromatic heterocycles. The van der Waals surface area contributed by atoms with Crippen LogP contribution in [-0.2, 0) is 25.6 Å². The predicted molar refractivity (Wildman–Crippen MR) is 92.6 cm³/mol. The predicted octanol–water partition coefficient (Wildman–Crippen LogP) is 2.54. The number of amides is 4. The smallest absolute Gasteiger partial charge is 0.419 e. The topological polar surface area (TPSA) is 102 Å². The summed E-state index contributed by atoms with van der Waals surface area (Å²) < 4.78 is 14.9. The monoisotopic (exact) mass is 378 g/mol. The average molecular weight is 378 g/mol. The van der Waals surface area contributed by atoms with Crippen molar-refractivity contribution in [3.05, 3.63) is 35.9 Å². The summed E-state index contributed by atoms with van der Waals surface area (Å²) >= 11 is 0. The zero-order valence-electron chi connectivity index (χ0n) is 15.6.